The zero-order valence-electron chi connectivity index (χ0n) is 13.1. The third kappa shape index (κ3) is 1.95. The van der Waals surface area contributed by atoms with Gasteiger partial charge in [-0.05, 0) is 31.2 Å². The summed E-state index contributed by atoms with van der Waals surface area (Å²) in [5, 5.41) is 3.80. The third-order valence-electron chi connectivity index (χ3n) is 4.21. The number of nitrogens with zero attached hydrogens (tertiary/aromatic N) is 1. The van der Waals surface area contributed by atoms with Crippen molar-refractivity contribution >= 4 is 38.5 Å². The number of H-pyrrole nitrogens is 1. The maximum atomic E-state index is 3.86. The second-order valence-corrected chi connectivity index (χ2v) is 5.57. The molecule has 4 rings (SSSR count). The molecular formula is C21H18N2. The Labute approximate surface area is 135 Å². The van der Waals surface area contributed by atoms with E-state index in [9.17, 15) is 0 Å². The van der Waals surface area contributed by atoms with Crippen molar-refractivity contribution < 1.29 is 0 Å². The van der Waals surface area contributed by atoms with E-state index >= 15 is 0 Å². The molecule has 0 radical (unpaired) electrons. The van der Waals surface area contributed by atoms with E-state index in [4.69, 9.17) is 0 Å². The lowest BCUT2D eigenvalue weighted by atomic mass is 10.1. The number of nitrogens with one attached hydrogen (secondary N) is 1. The van der Waals surface area contributed by atoms with Crippen molar-refractivity contribution in [1.29, 1.82) is 0 Å². The Kier molecular flexibility index (Phi) is 3.16. The second kappa shape index (κ2) is 5.33. The van der Waals surface area contributed by atoms with Crippen LogP contribution in [-0.2, 0) is 0 Å². The molecule has 0 unspecified atom stereocenters. The lowest BCUT2D eigenvalue weighted by Crippen LogP contribution is -1.94. The average molecular weight is 298 g/mol. The fourth-order valence-corrected chi connectivity index (χ4v) is 3.33. The van der Waals surface area contributed by atoms with Gasteiger partial charge < -0.3 is 4.98 Å². The summed E-state index contributed by atoms with van der Waals surface area (Å²) in [5.74, 6) is 0. The molecule has 4 aromatic rings. The van der Waals surface area contributed by atoms with Crippen molar-refractivity contribution in [1.82, 2.24) is 9.55 Å². The molecule has 0 fully saturated rings. The number of hydrogen-bond acceptors (Lipinski definition) is 0. The zero-order chi connectivity index (χ0) is 15.8. The van der Waals surface area contributed by atoms with Crippen LogP contribution in [0.4, 0.5) is 0 Å². The molecule has 0 bridgehead atoms. The monoisotopic (exact) mass is 298 g/mol. The van der Waals surface area contributed by atoms with Gasteiger partial charge in [0.25, 0.3) is 0 Å². The minimum Gasteiger partial charge on any atom is -0.340 e. The van der Waals surface area contributed by atoms with E-state index in [0.717, 1.165) is 16.9 Å². The van der Waals surface area contributed by atoms with Crippen molar-refractivity contribution in [3.8, 4) is 0 Å². The molecule has 0 spiro atoms. The molecule has 0 atom stereocenters. The fourth-order valence-electron chi connectivity index (χ4n) is 3.33. The van der Waals surface area contributed by atoms with Gasteiger partial charge in [0.15, 0.2) is 0 Å². The van der Waals surface area contributed by atoms with Crippen LogP contribution in [0, 0.1) is 0 Å². The molecule has 2 aromatic carbocycles. The van der Waals surface area contributed by atoms with Crippen molar-refractivity contribution in [2.24, 2.45) is 0 Å². The predicted molar refractivity (Wildman–Crippen MR) is 101 cm³/mol. The highest BCUT2D eigenvalue weighted by Crippen LogP contribution is 2.36. The summed E-state index contributed by atoms with van der Waals surface area (Å²) in [5.41, 5.74) is 4.58. The summed E-state index contributed by atoms with van der Waals surface area (Å²) in [6.45, 7) is 5.89. The van der Waals surface area contributed by atoms with Crippen molar-refractivity contribution in [2.75, 3.05) is 0 Å². The summed E-state index contributed by atoms with van der Waals surface area (Å²) in [7, 11) is 0. The quantitative estimate of drug-likeness (QED) is 0.456. The van der Waals surface area contributed by atoms with Crippen molar-refractivity contribution in [2.45, 2.75) is 6.92 Å². The molecule has 23 heavy (non-hydrogen) atoms. The number of fused-ring (bicyclic) bond motifs is 5. The molecule has 0 saturated carbocycles. The van der Waals surface area contributed by atoms with E-state index in [2.05, 4.69) is 76.8 Å². The third-order valence-corrected chi connectivity index (χ3v) is 4.21. The van der Waals surface area contributed by atoms with Gasteiger partial charge in [0.1, 0.15) is 5.65 Å². The number of aromatic nitrogens is 2. The van der Waals surface area contributed by atoms with E-state index in [-0.39, 0.29) is 0 Å². The smallest absolute Gasteiger partial charge is 0.124 e. The molecular weight excluding hydrogens is 280 g/mol. The van der Waals surface area contributed by atoms with Crippen LogP contribution in [0.2, 0.25) is 0 Å². The lowest BCUT2D eigenvalue weighted by molar-refractivity contribution is 1.20. The lowest BCUT2D eigenvalue weighted by Gasteiger charge is -2.07. The fraction of sp³-hybridized carbons (Fsp3) is 0.0476. The van der Waals surface area contributed by atoms with Crippen LogP contribution in [0.25, 0.3) is 38.5 Å². The van der Waals surface area contributed by atoms with Gasteiger partial charge in [-0.15, -0.1) is 0 Å². The van der Waals surface area contributed by atoms with Crippen LogP contribution >= 0.6 is 0 Å². The van der Waals surface area contributed by atoms with Gasteiger partial charge in [0.05, 0.1) is 5.52 Å². The number of benzene rings is 2. The Morgan fingerprint density at radius 1 is 1.04 bits per heavy atom. The number of para-hydroxylation sites is 2. The molecule has 112 valence electrons. The molecule has 2 heterocycles. The van der Waals surface area contributed by atoms with Crippen LogP contribution in [0.15, 0.2) is 79.4 Å². The van der Waals surface area contributed by atoms with E-state index in [1.54, 1.807) is 0 Å². The molecule has 0 aliphatic rings. The van der Waals surface area contributed by atoms with Gasteiger partial charge in [0.2, 0.25) is 0 Å². The number of allylic oxidation sites excluding steroid dienone is 5. The first-order valence-electron chi connectivity index (χ1n) is 7.81. The van der Waals surface area contributed by atoms with Crippen LogP contribution in [0.1, 0.15) is 6.92 Å². The Morgan fingerprint density at radius 2 is 1.78 bits per heavy atom. The van der Waals surface area contributed by atoms with Gasteiger partial charge in [0, 0.05) is 27.4 Å². The maximum Gasteiger partial charge on any atom is 0.124 e. The Bertz CT molecular complexity index is 1090. The zero-order valence-corrected chi connectivity index (χ0v) is 13.1. The van der Waals surface area contributed by atoms with E-state index in [1.807, 2.05) is 19.1 Å². The first-order chi connectivity index (χ1) is 11.3. The standard InChI is InChI=1S/C21H18N2/c1-3-9-15(10-4-2)23-19-14-8-6-12-17(19)20-16-11-5-7-13-18(16)22-21(20)23/h3-14,22H,1H2,2H3/b10-4-,15-9+. The largest absolute Gasteiger partial charge is 0.340 e. The summed E-state index contributed by atoms with van der Waals surface area (Å²) in [6.07, 6.45) is 8.04. The molecule has 0 aliphatic heterocycles. The Balaban J connectivity index is 2.24. The first-order valence-corrected chi connectivity index (χ1v) is 7.81. The van der Waals surface area contributed by atoms with E-state index in [0.29, 0.717) is 0 Å². The Hall–Kier alpha value is -3.00. The number of rotatable bonds is 3. The molecule has 1 N–H and O–H groups in total. The number of hydrogen-bond donors (Lipinski definition) is 1. The molecule has 0 aliphatic carbocycles. The van der Waals surface area contributed by atoms with Gasteiger partial charge >= 0.3 is 0 Å². The van der Waals surface area contributed by atoms with Gasteiger partial charge in [-0.25, -0.2) is 0 Å². The second-order valence-electron chi connectivity index (χ2n) is 5.57. The van der Waals surface area contributed by atoms with E-state index < -0.39 is 0 Å². The summed E-state index contributed by atoms with van der Waals surface area (Å²) >= 11 is 0. The van der Waals surface area contributed by atoms with Crippen LogP contribution < -0.4 is 0 Å². The average Bonchev–Trinajstić information content (AvgIpc) is 3.09. The van der Waals surface area contributed by atoms with Crippen LogP contribution in [0.3, 0.4) is 0 Å². The summed E-state index contributed by atoms with van der Waals surface area (Å²) in [6, 6.07) is 17.0. The van der Waals surface area contributed by atoms with Gasteiger partial charge in [-0.1, -0.05) is 55.1 Å². The number of aromatic amines is 1. The van der Waals surface area contributed by atoms with Crippen LogP contribution in [-0.4, -0.2) is 9.55 Å². The SMILES string of the molecule is C=C/C=C(\C=C/C)n1c2ccccc2c2c3ccccc3[nH]c21. The summed E-state index contributed by atoms with van der Waals surface area (Å²) < 4.78 is 2.27. The topological polar surface area (TPSA) is 20.7 Å². The minimum atomic E-state index is 1.10. The highest BCUT2D eigenvalue weighted by atomic mass is 15.1. The Morgan fingerprint density at radius 3 is 2.57 bits per heavy atom. The molecule has 2 nitrogen and oxygen atoms in total. The molecule has 0 amide bonds. The summed E-state index contributed by atoms with van der Waals surface area (Å²) in [4.78, 5) is 3.59. The molecule has 2 heteroatoms. The molecule has 2 aromatic heterocycles. The normalized spacial score (nSPS) is 12.8. The van der Waals surface area contributed by atoms with E-state index in [1.165, 1.54) is 21.7 Å². The van der Waals surface area contributed by atoms with Crippen molar-refractivity contribution in [3.05, 3.63) is 79.4 Å². The highest BCUT2D eigenvalue weighted by Gasteiger charge is 2.16. The predicted octanol–water partition coefficient (Wildman–Crippen LogP) is 5.88. The first kappa shape index (κ1) is 13.6. The van der Waals surface area contributed by atoms with Crippen molar-refractivity contribution in [3.63, 3.8) is 0 Å². The van der Waals surface area contributed by atoms with Crippen LogP contribution in [0.5, 0.6) is 0 Å². The van der Waals surface area contributed by atoms with Gasteiger partial charge in [-0.3, -0.25) is 4.57 Å². The minimum absolute atomic E-state index is 1.10. The van der Waals surface area contributed by atoms with Gasteiger partial charge in [-0.2, -0.15) is 0 Å². The maximum absolute atomic E-state index is 3.86. The highest BCUT2D eigenvalue weighted by molar-refractivity contribution is 6.21. The molecule has 0 saturated heterocycles.